The number of hydrogen-bond acceptors (Lipinski definition) is 2. The van der Waals surface area contributed by atoms with Gasteiger partial charge in [0.05, 0.1) is 0 Å². The summed E-state index contributed by atoms with van der Waals surface area (Å²) in [7, 11) is 0. The van der Waals surface area contributed by atoms with Crippen LogP contribution in [0.3, 0.4) is 0 Å². The van der Waals surface area contributed by atoms with E-state index in [1.54, 1.807) is 0 Å². The van der Waals surface area contributed by atoms with Gasteiger partial charge in [-0.05, 0) is 51.0 Å². The maximum atomic E-state index is 5.46. The Balaban J connectivity index is 2.00. The molecule has 3 nitrogen and oxygen atoms in total. The Kier molecular flexibility index (Phi) is 4.18. The molecule has 2 aromatic rings. The second kappa shape index (κ2) is 5.84. The van der Waals surface area contributed by atoms with E-state index in [-0.39, 0.29) is 0 Å². The molecule has 0 saturated carbocycles. The molecule has 92 valence electrons. The Labute approximate surface area is 102 Å². The lowest BCUT2D eigenvalue weighted by Gasteiger charge is -2.04. The summed E-state index contributed by atoms with van der Waals surface area (Å²) in [6.45, 7) is 4.94. The topological polar surface area (TPSA) is 53.8 Å². The van der Waals surface area contributed by atoms with E-state index in [4.69, 9.17) is 5.73 Å². The van der Waals surface area contributed by atoms with Crippen LogP contribution in [0.5, 0.6) is 0 Å². The molecule has 0 unspecified atom stereocenters. The first kappa shape index (κ1) is 12.1. The van der Waals surface area contributed by atoms with Gasteiger partial charge in [0.25, 0.3) is 0 Å². The summed E-state index contributed by atoms with van der Waals surface area (Å²) in [5, 5.41) is 4.78. The third kappa shape index (κ3) is 2.87. The molecule has 17 heavy (non-hydrogen) atoms. The van der Waals surface area contributed by atoms with Crippen molar-refractivity contribution in [1.82, 2.24) is 10.3 Å². The zero-order valence-corrected chi connectivity index (χ0v) is 10.4. The molecule has 1 aromatic heterocycles. The number of nitrogens with one attached hydrogen (secondary N) is 2. The molecule has 0 aliphatic heterocycles. The molecular weight excluding hydrogens is 210 g/mol. The van der Waals surface area contributed by atoms with Crippen molar-refractivity contribution < 1.29 is 0 Å². The minimum absolute atomic E-state index is 0.763. The second-order valence-electron chi connectivity index (χ2n) is 4.42. The second-order valence-corrected chi connectivity index (χ2v) is 4.42. The average molecular weight is 231 g/mol. The number of fused-ring (bicyclic) bond motifs is 1. The van der Waals surface area contributed by atoms with Gasteiger partial charge in [0, 0.05) is 16.6 Å². The number of para-hydroxylation sites is 1. The Hall–Kier alpha value is -1.32. The van der Waals surface area contributed by atoms with Crippen LogP contribution in [0.2, 0.25) is 0 Å². The van der Waals surface area contributed by atoms with Gasteiger partial charge in [0.1, 0.15) is 0 Å². The first-order valence-corrected chi connectivity index (χ1v) is 6.30. The van der Waals surface area contributed by atoms with Crippen LogP contribution < -0.4 is 11.1 Å². The summed E-state index contributed by atoms with van der Waals surface area (Å²) in [5.74, 6) is 0. The first-order valence-electron chi connectivity index (χ1n) is 6.30. The van der Waals surface area contributed by atoms with Crippen molar-refractivity contribution in [3.63, 3.8) is 0 Å². The van der Waals surface area contributed by atoms with E-state index in [0.717, 1.165) is 32.5 Å². The van der Waals surface area contributed by atoms with Gasteiger partial charge in [-0.2, -0.15) is 0 Å². The fourth-order valence-corrected chi connectivity index (χ4v) is 2.22. The quantitative estimate of drug-likeness (QED) is 0.666. The molecule has 1 aromatic carbocycles. The van der Waals surface area contributed by atoms with Crippen molar-refractivity contribution >= 4 is 10.9 Å². The lowest BCUT2D eigenvalue weighted by Crippen LogP contribution is -2.20. The van der Waals surface area contributed by atoms with Crippen LogP contribution in [0.15, 0.2) is 24.3 Å². The van der Waals surface area contributed by atoms with Crippen LogP contribution in [0.4, 0.5) is 0 Å². The van der Waals surface area contributed by atoms with Crippen molar-refractivity contribution in [2.75, 3.05) is 19.6 Å². The summed E-state index contributed by atoms with van der Waals surface area (Å²) in [6, 6.07) is 8.49. The first-order chi connectivity index (χ1) is 8.33. The number of benzene rings is 1. The molecule has 0 aliphatic carbocycles. The maximum Gasteiger partial charge on any atom is 0.0458 e. The number of nitrogens with two attached hydrogens (primary N) is 1. The molecule has 2 rings (SSSR count). The fourth-order valence-electron chi connectivity index (χ4n) is 2.22. The highest BCUT2D eigenvalue weighted by Crippen LogP contribution is 2.21. The van der Waals surface area contributed by atoms with E-state index in [1.165, 1.54) is 22.2 Å². The van der Waals surface area contributed by atoms with Crippen LogP contribution in [0.1, 0.15) is 17.7 Å². The summed E-state index contributed by atoms with van der Waals surface area (Å²) in [4.78, 5) is 3.43. The molecule has 0 amide bonds. The van der Waals surface area contributed by atoms with Crippen molar-refractivity contribution in [3.05, 3.63) is 35.5 Å². The predicted molar refractivity (Wildman–Crippen MR) is 73.3 cm³/mol. The summed E-state index contributed by atoms with van der Waals surface area (Å²) in [5.41, 5.74) is 9.41. The van der Waals surface area contributed by atoms with E-state index in [1.807, 2.05) is 0 Å². The Morgan fingerprint density at radius 3 is 2.88 bits per heavy atom. The lowest BCUT2D eigenvalue weighted by atomic mass is 10.1. The van der Waals surface area contributed by atoms with Gasteiger partial charge < -0.3 is 16.0 Å². The standard InChI is InChI=1S/C14H21N3/c1-11-12(7-10-16-9-4-8-15)13-5-2-3-6-14(13)17-11/h2-3,5-6,16-17H,4,7-10,15H2,1H3. The fraction of sp³-hybridized carbons (Fsp3) is 0.429. The number of aromatic amines is 1. The average Bonchev–Trinajstić information content (AvgIpc) is 2.65. The van der Waals surface area contributed by atoms with Crippen molar-refractivity contribution in [2.45, 2.75) is 19.8 Å². The van der Waals surface area contributed by atoms with Gasteiger partial charge in [0.2, 0.25) is 0 Å². The Morgan fingerprint density at radius 1 is 1.24 bits per heavy atom. The Morgan fingerprint density at radius 2 is 2.06 bits per heavy atom. The van der Waals surface area contributed by atoms with E-state index < -0.39 is 0 Å². The molecule has 0 saturated heterocycles. The molecule has 4 N–H and O–H groups in total. The maximum absolute atomic E-state index is 5.46. The highest BCUT2D eigenvalue weighted by atomic mass is 14.8. The van der Waals surface area contributed by atoms with Gasteiger partial charge in [-0.15, -0.1) is 0 Å². The molecular formula is C14H21N3. The highest BCUT2D eigenvalue weighted by Gasteiger charge is 2.06. The summed E-state index contributed by atoms with van der Waals surface area (Å²) in [6.07, 6.45) is 2.12. The smallest absolute Gasteiger partial charge is 0.0458 e. The van der Waals surface area contributed by atoms with Gasteiger partial charge in [-0.3, -0.25) is 0 Å². The molecule has 0 radical (unpaired) electrons. The van der Waals surface area contributed by atoms with Crippen LogP contribution in [-0.4, -0.2) is 24.6 Å². The third-order valence-corrected chi connectivity index (χ3v) is 3.14. The third-order valence-electron chi connectivity index (χ3n) is 3.14. The molecule has 0 atom stereocenters. The predicted octanol–water partition coefficient (Wildman–Crippen LogP) is 1.96. The number of hydrogen-bond donors (Lipinski definition) is 3. The lowest BCUT2D eigenvalue weighted by molar-refractivity contribution is 0.653. The van der Waals surface area contributed by atoms with Crippen LogP contribution >= 0.6 is 0 Å². The molecule has 3 heteroatoms. The highest BCUT2D eigenvalue weighted by molar-refractivity contribution is 5.84. The molecule has 0 fully saturated rings. The van der Waals surface area contributed by atoms with E-state index in [9.17, 15) is 0 Å². The summed E-state index contributed by atoms with van der Waals surface area (Å²) < 4.78 is 0. The van der Waals surface area contributed by atoms with Gasteiger partial charge in [-0.1, -0.05) is 18.2 Å². The minimum atomic E-state index is 0.763. The number of aryl methyl sites for hydroxylation is 1. The zero-order valence-electron chi connectivity index (χ0n) is 10.4. The molecule has 0 spiro atoms. The van der Waals surface area contributed by atoms with Crippen molar-refractivity contribution in [3.8, 4) is 0 Å². The number of H-pyrrole nitrogens is 1. The molecule has 1 heterocycles. The van der Waals surface area contributed by atoms with Crippen LogP contribution in [0, 0.1) is 6.92 Å². The van der Waals surface area contributed by atoms with Crippen molar-refractivity contribution in [2.24, 2.45) is 5.73 Å². The molecule has 0 bridgehead atoms. The van der Waals surface area contributed by atoms with E-state index in [0.29, 0.717) is 0 Å². The number of aromatic nitrogens is 1. The molecule has 0 aliphatic rings. The largest absolute Gasteiger partial charge is 0.358 e. The van der Waals surface area contributed by atoms with Crippen molar-refractivity contribution in [1.29, 1.82) is 0 Å². The van der Waals surface area contributed by atoms with E-state index in [2.05, 4.69) is 41.5 Å². The van der Waals surface area contributed by atoms with E-state index >= 15 is 0 Å². The SMILES string of the molecule is Cc1[nH]c2ccccc2c1CCNCCCN. The minimum Gasteiger partial charge on any atom is -0.358 e. The normalized spacial score (nSPS) is 11.2. The van der Waals surface area contributed by atoms with Gasteiger partial charge in [-0.25, -0.2) is 0 Å². The van der Waals surface area contributed by atoms with Gasteiger partial charge in [0.15, 0.2) is 0 Å². The van der Waals surface area contributed by atoms with Crippen LogP contribution in [0.25, 0.3) is 10.9 Å². The Bertz CT molecular complexity index is 473. The zero-order chi connectivity index (χ0) is 12.1. The monoisotopic (exact) mass is 231 g/mol. The van der Waals surface area contributed by atoms with Gasteiger partial charge >= 0.3 is 0 Å². The van der Waals surface area contributed by atoms with Crippen LogP contribution in [-0.2, 0) is 6.42 Å². The summed E-state index contributed by atoms with van der Waals surface area (Å²) >= 11 is 0. The number of rotatable bonds is 6.